The molecule has 2 aliphatic carbocycles. The van der Waals surface area contributed by atoms with Crippen molar-refractivity contribution in [2.75, 3.05) is 0 Å². The van der Waals surface area contributed by atoms with Crippen molar-refractivity contribution >= 4 is 177 Å². The molecule has 140 heavy (non-hydrogen) atoms. The molecule has 0 spiro atoms. The lowest BCUT2D eigenvalue weighted by Crippen LogP contribution is -2.49. The van der Waals surface area contributed by atoms with Crippen LogP contribution in [0.15, 0.2) is 24.3 Å². The predicted octanol–water partition coefficient (Wildman–Crippen LogP) is 5.03. The van der Waals surface area contributed by atoms with E-state index in [0.29, 0.717) is 89.2 Å². The van der Waals surface area contributed by atoms with Crippen LogP contribution in [0.5, 0.6) is 0 Å². The standard InChI is InChI=1S/C10H18O3.C8H14O3.C7H12O7.C7H10O3.C7H12O3.C6H8O3.2C6H10O3.C5H8O4.C5H8O3.C5H6O3.C5H8O3.C4H4O4.C3H4O4.C3H4O3.CH4/c1-9(11)7-5-3-2-4-6-8-10(12)13;1-7(9)5-3-2-4-6-8(10)11;1-2(8)3(9)4(10)5(11)6(12)7(13)14;1-5(8)7(6(9)10)3-2-4-7;1-6(8)4-2-3-5-7(9)10;1-4(7)6(2-3-6)5(8)9;1-4(7)6(2,3)5(8)9;1-5(7)3-2-4-6(8)9;1-3(6)4(7)2-5(8)9;2*1-4(6)2-3-5(7)8;1-3(4(2)6)5(7)8;5-3(6)1-2-4(7)8;4-2(5)1-3(6)7;1-2(4)3(5)6;/h2-8H2,1H3,(H,12,13);2-6H2,1H3,(H,10,11);3-6,9-12H,1H3,(H,13,14);2-4H2,1H3,(H,9,10);2-5H2,1H3,(H,9,10);2-3H2,1H3,(H,8,9);1-3H3,(H,8,9);2-4H2,1H3,(H,8,9);4,7H,2H2,1H3,(H,8,9);2-3H2,1H3,(H,7,8);2-3H,1H3,(H,7,8);3H,1-2H3,(H,7,8);1-2H,(H,5,6)(H,7,8);1H2,(H,4,5)(H,6,7);1H3,(H,5,6);1H4/b;;;;;;;;;;3-2+;;2-1-;;;. The van der Waals surface area contributed by atoms with Crippen LogP contribution < -0.4 is 0 Å². The molecule has 804 valence electrons. The van der Waals surface area contributed by atoms with E-state index < -0.39 is 184 Å². The molecule has 0 radical (unpaired) electrons. The Labute approximate surface area is 805 Å². The first kappa shape index (κ1) is 157. The Bertz CT molecular complexity index is 3770. The quantitative estimate of drug-likeness (QED) is 0.0164. The summed E-state index contributed by atoms with van der Waals surface area (Å²) in [5, 5.41) is 182. The Hall–Kier alpha value is -14.0. The lowest BCUT2D eigenvalue weighted by atomic mass is 9.66. The number of hydrogen-bond donors (Lipinski definition) is 22. The van der Waals surface area contributed by atoms with Gasteiger partial charge in [0, 0.05) is 82.9 Å². The van der Waals surface area contributed by atoms with Gasteiger partial charge >= 0.3 is 101 Å². The summed E-state index contributed by atoms with van der Waals surface area (Å²) in [7, 11) is 0. The molecular weight excluding hydrogens is 1890 g/mol. The highest BCUT2D eigenvalue weighted by molar-refractivity contribution is 6.31. The number of carboxylic acids is 17. The fraction of sp³-hybridized carbons (Fsp3) is 0.614. The van der Waals surface area contributed by atoms with Gasteiger partial charge in [-0.25, -0.2) is 24.0 Å². The zero-order valence-corrected chi connectivity index (χ0v) is 80.2. The summed E-state index contributed by atoms with van der Waals surface area (Å²) >= 11 is 0. The van der Waals surface area contributed by atoms with Crippen molar-refractivity contribution in [1.29, 1.82) is 0 Å². The van der Waals surface area contributed by atoms with Gasteiger partial charge in [0.2, 0.25) is 5.78 Å². The molecule has 0 aromatic carbocycles. The summed E-state index contributed by atoms with van der Waals surface area (Å²) in [4.78, 5) is 302. The number of carbonyl (C=O) groups excluding carboxylic acids is 13. The molecule has 0 heterocycles. The van der Waals surface area contributed by atoms with Crippen molar-refractivity contribution < 1.29 is 256 Å². The summed E-state index contributed by atoms with van der Waals surface area (Å²) in [5.41, 5.74) is -3.19. The third kappa shape index (κ3) is 120. The van der Waals surface area contributed by atoms with Crippen LogP contribution in [0.3, 0.4) is 0 Å². The highest BCUT2D eigenvalue weighted by atomic mass is 16.4. The van der Waals surface area contributed by atoms with Gasteiger partial charge in [0.25, 0.3) is 0 Å². The average Bonchev–Trinajstić information content (AvgIpc) is 1.60. The Balaban J connectivity index is -0.000000102. The maximum absolute atomic E-state index is 10.8. The summed E-state index contributed by atoms with van der Waals surface area (Å²) in [6, 6.07) is 0. The minimum absolute atomic E-state index is 0. The first-order valence-corrected chi connectivity index (χ1v) is 41.2. The Morgan fingerprint density at radius 3 is 0.707 bits per heavy atom. The van der Waals surface area contributed by atoms with Gasteiger partial charge in [0.05, 0.1) is 12.8 Å². The minimum atomic E-state index is -2.25. The number of Topliss-reactive ketones (excluding diaryl/α,β-unsaturated/α-hetero) is 12. The molecule has 2 saturated carbocycles. The van der Waals surface area contributed by atoms with Crippen molar-refractivity contribution in [3.05, 3.63) is 24.3 Å². The molecule has 2 fully saturated rings. The average molecular weight is 2030 g/mol. The van der Waals surface area contributed by atoms with Crippen molar-refractivity contribution in [2.24, 2.45) is 22.2 Å². The van der Waals surface area contributed by atoms with Gasteiger partial charge in [0.15, 0.2) is 23.5 Å². The molecule has 6 unspecified atom stereocenters. The zero-order valence-electron chi connectivity index (χ0n) is 80.2. The predicted molar refractivity (Wildman–Crippen MR) is 481 cm³/mol. The van der Waals surface area contributed by atoms with Gasteiger partial charge in [-0.3, -0.25) is 95.9 Å². The summed E-state index contributed by atoms with van der Waals surface area (Å²) in [6.45, 7) is 21.3. The Morgan fingerprint density at radius 2 is 0.564 bits per heavy atom. The second kappa shape index (κ2) is 92.7. The third-order valence-electron chi connectivity index (χ3n) is 16.6. The number of hydrogen-bond acceptors (Lipinski definition) is 35. The second-order valence-corrected chi connectivity index (χ2v) is 29.9. The van der Waals surface area contributed by atoms with Crippen molar-refractivity contribution in [3.63, 3.8) is 0 Å². The number of allylic oxidation sites excluding steroid dienone is 1. The topological polar surface area (TPSA) is 957 Å². The van der Waals surface area contributed by atoms with Crippen LogP contribution in [0.1, 0.15) is 298 Å². The second-order valence-electron chi connectivity index (χ2n) is 29.9. The molecule has 0 amide bonds. The van der Waals surface area contributed by atoms with E-state index in [-0.39, 0.29) is 104 Å². The molecule has 52 heteroatoms. The van der Waals surface area contributed by atoms with Crippen LogP contribution in [0.4, 0.5) is 0 Å². The number of aliphatic hydroxyl groups excluding tert-OH is 5. The molecule has 2 rings (SSSR count). The largest absolute Gasteiger partial charge is 0.481 e. The lowest BCUT2D eigenvalue weighted by Gasteiger charge is -2.34. The van der Waals surface area contributed by atoms with Gasteiger partial charge < -0.3 is 136 Å². The number of unbranched alkanes of at least 4 members (excludes halogenated alkanes) is 7. The molecule has 52 nitrogen and oxygen atoms in total. The van der Waals surface area contributed by atoms with E-state index in [4.69, 9.17) is 112 Å². The van der Waals surface area contributed by atoms with E-state index in [0.717, 1.165) is 84.3 Å². The Kier molecular flexibility index (Phi) is 104. The van der Waals surface area contributed by atoms with E-state index >= 15 is 0 Å². The van der Waals surface area contributed by atoms with Crippen molar-refractivity contribution in [1.82, 2.24) is 0 Å². The molecule has 0 aliphatic heterocycles. The van der Waals surface area contributed by atoms with Gasteiger partial charge in [-0.1, -0.05) is 39.5 Å². The summed E-state index contributed by atoms with van der Waals surface area (Å²) in [6.07, 6.45) is 6.78. The van der Waals surface area contributed by atoms with E-state index in [1.165, 1.54) is 76.2 Å². The number of aliphatic hydroxyl groups is 5. The first-order chi connectivity index (χ1) is 63.1. The number of rotatable bonds is 49. The number of aliphatic carboxylic acids is 17. The molecule has 22 N–H and O–H groups in total. The maximum atomic E-state index is 10.8. The molecule has 0 saturated heterocycles. The minimum Gasteiger partial charge on any atom is -0.481 e. The maximum Gasteiger partial charge on any atom is 0.371 e. The van der Waals surface area contributed by atoms with Gasteiger partial charge in [-0.2, -0.15) is 0 Å². The molecule has 2 aliphatic rings. The first-order valence-electron chi connectivity index (χ1n) is 41.2. The van der Waals surface area contributed by atoms with Crippen LogP contribution in [-0.4, -0.2) is 320 Å². The normalized spacial score (nSPS) is 12.3. The molecule has 0 aromatic rings. The fourth-order valence-electron chi connectivity index (χ4n) is 7.37. The van der Waals surface area contributed by atoms with Gasteiger partial charge in [-0.05, 0) is 181 Å². The smallest absolute Gasteiger partial charge is 0.371 e. The van der Waals surface area contributed by atoms with Gasteiger partial charge in [0.1, 0.15) is 105 Å². The molecule has 0 aromatic heterocycles. The number of ketones is 13. The monoisotopic (exact) mass is 2030 g/mol. The number of carboxylic acid groups (broad SMARTS) is 17. The van der Waals surface area contributed by atoms with Crippen molar-refractivity contribution in [3.8, 4) is 0 Å². The van der Waals surface area contributed by atoms with E-state index in [2.05, 4.69) is 0 Å². The van der Waals surface area contributed by atoms with Crippen molar-refractivity contribution in [2.45, 2.75) is 329 Å². The van der Waals surface area contributed by atoms with Crippen LogP contribution in [0.25, 0.3) is 0 Å². The molecule has 6 atom stereocenters. The molecular formula is C88H140O52. The van der Waals surface area contributed by atoms with Crippen LogP contribution in [0.2, 0.25) is 0 Å². The molecule has 0 bridgehead atoms. The zero-order chi connectivity index (χ0) is 113. The van der Waals surface area contributed by atoms with Crippen LogP contribution in [-0.2, 0) is 144 Å². The van der Waals surface area contributed by atoms with Gasteiger partial charge in [-0.15, -0.1) is 0 Å². The van der Waals surface area contributed by atoms with E-state index in [9.17, 15) is 144 Å². The van der Waals surface area contributed by atoms with Crippen LogP contribution >= 0.6 is 0 Å². The lowest BCUT2D eigenvalue weighted by molar-refractivity contribution is -0.165. The van der Waals surface area contributed by atoms with E-state index in [1.807, 2.05) is 0 Å². The summed E-state index contributed by atoms with van der Waals surface area (Å²) in [5.74, 6) is -22.4. The highest BCUT2D eigenvalue weighted by Crippen LogP contribution is 2.46. The Morgan fingerprint density at radius 1 is 0.300 bits per heavy atom. The summed E-state index contributed by atoms with van der Waals surface area (Å²) < 4.78 is 0. The fourth-order valence-corrected chi connectivity index (χ4v) is 7.37. The SMILES string of the molecule is C.CC(=O)/C=C/C(=O)O.CC(=O)C(=O)O.CC(=O)C(C)(C)C(=O)O.CC(=O)C(C)C(=O)O.CC(=O)C(O)C(O)C(O)C(O)C(=O)O.CC(=O)C(O)CC(=O)O.CC(=O)C1(C(=O)O)CC1.CC(=O)C1(C(=O)O)CCC1.CC(=O)CCC(=O)O.CC(=O)CCCC(=O)O.CC(=O)CCCCC(=O)O.CC(=O)CCCCCC(=O)O.CC(=O)CCCCCCCC(=O)O.O=C(O)/C=C\C(=O)O.O=C(O)CC(=O)O. The van der Waals surface area contributed by atoms with E-state index in [1.54, 1.807) is 13.8 Å². The highest BCUT2D eigenvalue weighted by Gasteiger charge is 2.54. The number of carbonyl (C=O) groups is 30. The van der Waals surface area contributed by atoms with Crippen LogP contribution in [0, 0.1) is 22.2 Å². The third-order valence-corrected chi connectivity index (χ3v) is 16.6.